The third-order valence-corrected chi connectivity index (χ3v) is 4.26. The molecular formula is C19H36O5. The van der Waals surface area contributed by atoms with Crippen LogP contribution in [0, 0.1) is 0 Å². The first-order chi connectivity index (χ1) is 11.6. The van der Waals surface area contributed by atoms with E-state index in [9.17, 15) is 9.59 Å². The van der Waals surface area contributed by atoms with E-state index in [4.69, 9.17) is 10.2 Å². The van der Waals surface area contributed by atoms with Gasteiger partial charge in [0.2, 0.25) is 0 Å². The summed E-state index contributed by atoms with van der Waals surface area (Å²) in [6.45, 7) is 0.328. The number of rotatable bonds is 18. The lowest BCUT2D eigenvalue weighted by atomic mass is 10.0. The molecule has 0 rings (SSSR count). The quantitative estimate of drug-likeness (QED) is 0.235. The van der Waals surface area contributed by atoms with Crippen LogP contribution in [-0.4, -0.2) is 28.9 Å². The first-order valence-electron chi connectivity index (χ1n) is 9.70. The molecule has 0 aromatic heterocycles. The smallest absolute Gasteiger partial charge is 0.481 e. The molecule has 0 aliphatic rings. The van der Waals surface area contributed by atoms with Gasteiger partial charge in [-0.2, -0.15) is 0 Å². The van der Waals surface area contributed by atoms with Crippen molar-refractivity contribution in [1.82, 2.24) is 0 Å². The van der Waals surface area contributed by atoms with Crippen LogP contribution >= 0.6 is 0 Å². The molecule has 0 saturated heterocycles. The Bertz CT molecular complexity index is 274. The second kappa shape index (κ2) is 18.1. The van der Waals surface area contributed by atoms with Crippen molar-refractivity contribution in [3.8, 4) is 0 Å². The zero-order chi connectivity index (χ0) is 17.9. The summed E-state index contributed by atoms with van der Waals surface area (Å²) in [5.41, 5.74) is 0. The highest BCUT2D eigenvalue weighted by Crippen LogP contribution is 2.13. The molecule has 0 aromatic carbocycles. The van der Waals surface area contributed by atoms with E-state index >= 15 is 0 Å². The summed E-state index contributed by atoms with van der Waals surface area (Å²) in [4.78, 5) is 20.5. The minimum absolute atomic E-state index is 0.316. The van der Waals surface area contributed by atoms with E-state index in [2.05, 4.69) is 4.74 Å². The van der Waals surface area contributed by atoms with Crippen molar-refractivity contribution in [3.63, 3.8) is 0 Å². The molecule has 2 N–H and O–H groups in total. The van der Waals surface area contributed by atoms with Gasteiger partial charge in [0.15, 0.2) is 0 Å². The standard InChI is InChI=1S/C19H36O5/c20-18(21)16-14-12-10-8-6-4-2-1-3-5-7-9-11-13-15-17-24-19(22)23/h1-17H2,(H,20,21)(H,22,23). The molecule has 0 bridgehead atoms. The van der Waals surface area contributed by atoms with Gasteiger partial charge < -0.3 is 14.9 Å². The van der Waals surface area contributed by atoms with Crippen LogP contribution in [0.25, 0.3) is 0 Å². The monoisotopic (exact) mass is 344 g/mol. The lowest BCUT2D eigenvalue weighted by Gasteiger charge is -2.03. The fourth-order valence-electron chi connectivity index (χ4n) is 2.84. The van der Waals surface area contributed by atoms with E-state index in [1.807, 2.05) is 0 Å². The number of unbranched alkanes of at least 4 members (excludes halogenated alkanes) is 14. The number of aliphatic carboxylic acids is 1. The Balaban J connectivity index is 3.00. The fourth-order valence-corrected chi connectivity index (χ4v) is 2.84. The molecule has 0 aromatic rings. The van der Waals surface area contributed by atoms with E-state index < -0.39 is 12.1 Å². The maximum Gasteiger partial charge on any atom is 0.505 e. The van der Waals surface area contributed by atoms with Crippen LogP contribution < -0.4 is 0 Å². The van der Waals surface area contributed by atoms with Crippen molar-refractivity contribution in [2.45, 2.75) is 103 Å². The van der Waals surface area contributed by atoms with Gasteiger partial charge in [-0.05, 0) is 12.8 Å². The van der Waals surface area contributed by atoms with Crippen molar-refractivity contribution in [1.29, 1.82) is 0 Å². The Labute approximate surface area is 146 Å². The zero-order valence-electron chi connectivity index (χ0n) is 15.1. The average molecular weight is 344 g/mol. The Kier molecular flexibility index (Phi) is 17.1. The zero-order valence-corrected chi connectivity index (χ0v) is 15.1. The van der Waals surface area contributed by atoms with Crippen LogP contribution in [-0.2, 0) is 9.53 Å². The SMILES string of the molecule is O=C(O)CCCCCCCCCCCCCCCCCOC(=O)O. The molecule has 142 valence electrons. The summed E-state index contributed by atoms with van der Waals surface area (Å²) in [5, 5.41) is 16.8. The number of ether oxygens (including phenoxy) is 1. The van der Waals surface area contributed by atoms with E-state index in [-0.39, 0.29) is 0 Å². The molecular weight excluding hydrogens is 308 g/mol. The number of carboxylic acid groups (broad SMARTS) is 2. The van der Waals surface area contributed by atoms with Gasteiger partial charge in [-0.15, -0.1) is 0 Å². The minimum atomic E-state index is -1.17. The van der Waals surface area contributed by atoms with Gasteiger partial charge in [-0.1, -0.05) is 83.5 Å². The number of hydrogen-bond donors (Lipinski definition) is 2. The van der Waals surface area contributed by atoms with Gasteiger partial charge in [-0.3, -0.25) is 4.79 Å². The molecule has 0 atom stereocenters. The van der Waals surface area contributed by atoms with Crippen molar-refractivity contribution >= 4 is 12.1 Å². The first-order valence-corrected chi connectivity index (χ1v) is 9.70. The van der Waals surface area contributed by atoms with Crippen LogP contribution in [0.5, 0.6) is 0 Å². The second-order valence-corrected chi connectivity index (χ2v) is 6.56. The summed E-state index contributed by atoms with van der Waals surface area (Å²) in [6, 6.07) is 0. The third-order valence-electron chi connectivity index (χ3n) is 4.26. The predicted molar refractivity (Wildman–Crippen MR) is 95.5 cm³/mol. The Morgan fingerprint density at radius 1 is 0.542 bits per heavy atom. The van der Waals surface area contributed by atoms with Gasteiger partial charge in [0.25, 0.3) is 0 Å². The molecule has 0 unspecified atom stereocenters. The molecule has 0 spiro atoms. The molecule has 5 nitrogen and oxygen atoms in total. The number of hydrogen-bond acceptors (Lipinski definition) is 3. The van der Waals surface area contributed by atoms with E-state index in [0.717, 1.165) is 25.7 Å². The van der Waals surface area contributed by atoms with E-state index in [1.165, 1.54) is 70.6 Å². The van der Waals surface area contributed by atoms with Crippen molar-refractivity contribution in [3.05, 3.63) is 0 Å². The van der Waals surface area contributed by atoms with Gasteiger partial charge in [0.05, 0.1) is 6.61 Å². The van der Waals surface area contributed by atoms with Crippen molar-refractivity contribution in [2.75, 3.05) is 6.61 Å². The van der Waals surface area contributed by atoms with Crippen molar-refractivity contribution < 1.29 is 24.5 Å². The van der Waals surface area contributed by atoms with Crippen LogP contribution in [0.4, 0.5) is 4.79 Å². The van der Waals surface area contributed by atoms with Crippen LogP contribution in [0.3, 0.4) is 0 Å². The molecule has 0 aliphatic carbocycles. The lowest BCUT2D eigenvalue weighted by molar-refractivity contribution is -0.137. The summed E-state index contributed by atoms with van der Waals surface area (Å²) < 4.78 is 4.46. The molecule has 0 aliphatic heterocycles. The number of carbonyl (C=O) groups is 2. The van der Waals surface area contributed by atoms with Gasteiger partial charge in [0, 0.05) is 6.42 Å². The average Bonchev–Trinajstić information content (AvgIpc) is 2.53. The highest BCUT2D eigenvalue weighted by atomic mass is 16.7. The summed E-state index contributed by atoms with van der Waals surface area (Å²) >= 11 is 0. The first kappa shape index (κ1) is 22.7. The molecule has 24 heavy (non-hydrogen) atoms. The normalized spacial score (nSPS) is 10.7. The molecule has 0 saturated carbocycles. The maximum atomic E-state index is 10.4. The van der Waals surface area contributed by atoms with Crippen molar-refractivity contribution in [2.24, 2.45) is 0 Å². The Morgan fingerprint density at radius 3 is 1.21 bits per heavy atom. The Morgan fingerprint density at radius 2 is 0.875 bits per heavy atom. The largest absolute Gasteiger partial charge is 0.505 e. The second-order valence-electron chi connectivity index (χ2n) is 6.56. The minimum Gasteiger partial charge on any atom is -0.481 e. The molecule has 0 heterocycles. The van der Waals surface area contributed by atoms with Crippen LogP contribution in [0.2, 0.25) is 0 Å². The topological polar surface area (TPSA) is 83.8 Å². The predicted octanol–water partition coefficient (Wildman–Crippen LogP) is 6.01. The fraction of sp³-hybridized carbons (Fsp3) is 0.895. The van der Waals surface area contributed by atoms with Crippen LogP contribution in [0.1, 0.15) is 103 Å². The van der Waals surface area contributed by atoms with Gasteiger partial charge in [-0.25, -0.2) is 4.79 Å². The molecule has 5 heteroatoms. The Hall–Kier alpha value is -1.26. The molecule has 0 fully saturated rings. The maximum absolute atomic E-state index is 10.4. The summed E-state index contributed by atoms with van der Waals surface area (Å²) in [7, 11) is 0. The van der Waals surface area contributed by atoms with Gasteiger partial charge in [0.1, 0.15) is 0 Å². The van der Waals surface area contributed by atoms with Crippen LogP contribution in [0.15, 0.2) is 0 Å². The third kappa shape index (κ3) is 20.7. The molecule has 0 amide bonds. The highest BCUT2D eigenvalue weighted by Gasteiger charge is 1.98. The lowest BCUT2D eigenvalue weighted by Crippen LogP contribution is -2.01. The molecule has 0 radical (unpaired) electrons. The van der Waals surface area contributed by atoms with Gasteiger partial charge >= 0.3 is 12.1 Å². The van der Waals surface area contributed by atoms with E-state index in [1.54, 1.807) is 0 Å². The highest BCUT2D eigenvalue weighted by molar-refractivity contribution is 5.66. The summed E-state index contributed by atoms with van der Waals surface area (Å²) in [5.74, 6) is -0.679. The number of carboxylic acids is 1. The summed E-state index contributed by atoms with van der Waals surface area (Å²) in [6.07, 6.45) is 16.9. The van der Waals surface area contributed by atoms with E-state index in [0.29, 0.717) is 13.0 Å².